The Morgan fingerprint density at radius 3 is 0.763 bits per heavy atom. The van der Waals surface area contributed by atoms with Crippen molar-refractivity contribution in [2.75, 3.05) is 39.6 Å². The fraction of sp³-hybridized carbons (Fsp3) is 0.946. The van der Waals surface area contributed by atoms with Gasteiger partial charge >= 0.3 is 39.5 Å². The Balaban J connectivity index is 5.22. The normalized spacial score (nSPS) is 14.3. The van der Waals surface area contributed by atoms with Crippen LogP contribution in [0.3, 0.4) is 0 Å². The molecule has 3 N–H and O–H groups in total. The highest BCUT2D eigenvalue weighted by Crippen LogP contribution is 2.45. The molecule has 0 aliphatic carbocycles. The van der Waals surface area contributed by atoms with E-state index in [1.807, 2.05) is 0 Å². The van der Waals surface area contributed by atoms with Gasteiger partial charge in [0.2, 0.25) is 0 Å². The molecule has 0 spiro atoms. The van der Waals surface area contributed by atoms with E-state index in [2.05, 4.69) is 34.6 Å². The van der Waals surface area contributed by atoms with E-state index < -0.39 is 97.5 Å². The fourth-order valence-electron chi connectivity index (χ4n) is 11.3. The minimum absolute atomic E-state index is 0.104. The molecule has 0 radical (unpaired) electrons. The summed E-state index contributed by atoms with van der Waals surface area (Å²) in [5.74, 6) is -1.40. The topological polar surface area (TPSA) is 237 Å². The molecule has 0 aliphatic rings. The van der Waals surface area contributed by atoms with Gasteiger partial charge in [-0.25, -0.2) is 9.13 Å². The van der Waals surface area contributed by atoms with Crippen molar-refractivity contribution >= 4 is 39.5 Å². The SMILES string of the molecule is CCCCCCCCCCCCCCCCCCCCC(=O)O[C@H](COC(=O)CCCCCCCCCCCCCCCCC)COP(=O)(O)OC[C@@H](O)COP(=O)(O)OC[C@@H](COC(=O)CCCCCCCCCCCC)OC(=O)CCCCCCCCC(C)CC. The molecule has 0 aromatic carbocycles. The molecule has 552 valence electrons. The van der Waals surface area contributed by atoms with Gasteiger partial charge in [-0.05, 0) is 31.6 Å². The fourth-order valence-corrected chi connectivity index (χ4v) is 12.9. The third-order valence-corrected chi connectivity index (χ3v) is 19.5. The third-order valence-electron chi connectivity index (χ3n) is 17.6. The number of phosphoric ester groups is 2. The second-order valence-corrected chi connectivity index (χ2v) is 29.8. The number of aliphatic hydroxyl groups excluding tert-OH is 1. The average Bonchev–Trinajstić information content (AvgIpc) is 1.71. The van der Waals surface area contributed by atoms with Crippen LogP contribution in [0.2, 0.25) is 0 Å². The molecule has 0 fully saturated rings. The van der Waals surface area contributed by atoms with Gasteiger partial charge in [0.15, 0.2) is 12.2 Å². The zero-order chi connectivity index (χ0) is 68.4. The van der Waals surface area contributed by atoms with Gasteiger partial charge in [-0.15, -0.1) is 0 Å². The summed E-state index contributed by atoms with van der Waals surface area (Å²) in [5, 5.41) is 10.6. The predicted octanol–water partition coefficient (Wildman–Crippen LogP) is 21.7. The lowest BCUT2D eigenvalue weighted by atomic mass is 10.00. The Morgan fingerprint density at radius 2 is 0.516 bits per heavy atom. The first kappa shape index (κ1) is 91.1. The summed E-state index contributed by atoms with van der Waals surface area (Å²) in [5.41, 5.74) is 0. The van der Waals surface area contributed by atoms with Gasteiger partial charge in [-0.2, -0.15) is 0 Å². The lowest BCUT2D eigenvalue weighted by Crippen LogP contribution is -2.30. The zero-order valence-electron chi connectivity index (χ0n) is 60.4. The van der Waals surface area contributed by atoms with Crippen LogP contribution >= 0.6 is 15.6 Å². The van der Waals surface area contributed by atoms with Crippen LogP contribution in [0.15, 0.2) is 0 Å². The van der Waals surface area contributed by atoms with Crippen molar-refractivity contribution in [3.63, 3.8) is 0 Å². The van der Waals surface area contributed by atoms with Crippen LogP contribution < -0.4 is 0 Å². The number of phosphoric acid groups is 2. The monoisotopic (exact) mass is 1370 g/mol. The molecule has 0 aromatic rings. The van der Waals surface area contributed by atoms with E-state index in [1.54, 1.807) is 0 Å². The Hall–Kier alpha value is -1.94. The molecule has 6 atom stereocenters. The first-order chi connectivity index (χ1) is 45.1. The highest BCUT2D eigenvalue weighted by molar-refractivity contribution is 7.47. The van der Waals surface area contributed by atoms with Crippen molar-refractivity contribution in [1.29, 1.82) is 0 Å². The van der Waals surface area contributed by atoms with Gasteiger partial charge in [-0.3, -0.25) is 37.3 Å². The summed E-state index contributed by atoms with van der Waals surface area (Å²) in [7, 11) is -9.90. The molecule has 0 heterocycles. The molecule has 0 bridgehead atoms. The number of carbonyl (C=O) groups is 4. The molecule has 0 amide bonds. The van der Waals surface area contributed by atoms with Crippen molar-refractivity contribution in [2.45, 2.75) is 406 Å². The van der Waals surface area contributed by atoms with Crippen LogP contribution in [0.5, 0.6) is 0 Å². The van der Waals surface area contributed by atoms with E-state index >= 15 is 0 Å². The quantitative estimate of drug-likeness (QED) is 0.0222. The van der Waals surface area contributed by atoms with E-state index in [0.717, 1.165) is 95.8 Å². The van der Waals surface area contributed by atoms with Crippen molar-refractivity contribution in [3.05, 3.63) is 0 Å². The first-order valence-corrected chi connectivity index (χ1v) is 41.7. The molecule has 93 heavy (non-hydrogen) atoms. The van der Waals surface area contributed by atoms with Crippen LogP contribution in [-0.4, -0.2) is 96.7 Å². The maximum Gasteiger partial charge on any atom is 0.472 e. The number of carbonyl (C=O) groups excluding carboxylic acids is 4. The Labute approximate surface area is 568 Å². The average molecular weight is 1370 g/mol. The second-order valence-electron chi connectivity index (χ2n) is 26.9. The maximum atomic E-state index is 13.1. The predicted molar refractivity (Wildman–Crippen MR) is 377 cm³/mol. The van der Waals surface area contributed by atoms with E-state index in [0.29, 0.717) is 25.7 Å². The van der Waals surface area contributed by atoms with Gasteiger partial charge in [0.05, 0.1) is 26.4 Å². The molecule has 0 aromatic heterocycles. The summed E-state index contributed by atoms with van der Waals surface area (Å²) < 4.78 is 68.4. The number of hydrogen-bond acceptors (Lipinski definition) is 15. The Kier molecular flexibility index (Phi) is 65.9. The maximum absolute atomic E-state index is 13.1. The minimum atomic E-state index is -4.95. The molecule has 17 nitrogen and oxygen atoms in total. The molecule has 0 saturated carbocycles. The zero-order valence-corrected chi connectivity index (χ0v) is 62.2. The number of esters is 4. The molecule has 3 unspecified atom stereocenters. The summed E-state index contributed by atoms with van der Waals surface area (Å²) in [6.45, 7) is 7.22. The van der Waals surface area contributed by atoms with Crippen LogP contribution in [0.25, 0.3) is 0 Å². The van der Waals surface area contributed by atoms with Crippen LogP contribution in [-0.2, 0) is 65.4 Å². The van der Waals surface area contributed by atoms with Crippen molar-refractivity contribution < 1.29 is 80.2 Å². The third kappa shape index (κ3) is 67.0. The van der Waals surface area contributed by atoms with Crippen molar-refractivity contribution in [1.82, 2.24) is 0 Å². The lowest BCUT2D eigenvalue weighted by Gasteiger charge is -2.21. The molecule has 0 saturated heterocycles. The number of unbranched alkanes of at least 4 members (excludes halogenated alkanes) is 45. The van der Waals surface area contributed by atoms with E-state index in [4.69, 9.17) is 37.0 Å². The minimum Gasteiger partial charge on any atom is -0.462 e. The van der Waals surface area contributed by atoms with E-state index in [1.165, 1.54) is 212 Å². The number of ether oxygens (including phenoxy) is 4. The number of hydrogen-bond donors (Lipinski definition) is 3. The Morgan fingerprint density at radius 1 is 0.301 bits per heavy atom. The summed E-state index contributed by atoms with van der Waals surface area (Å²) in [6, 6.07) is 0. The van der Waals surface area contributed by atoms with Gasteiger partial charge in [-0.1, -0.05) is 336 Å². The highest BCUT2D eigenvalue weighted by atomic mass is 31.2. The molecular weight excluding hydrogens is 1220 g/mol. The molecular formula is C74H144O17P2. The van der Waals surface area contributed by atoms with Gasteiger partial charge in [0.1, 0.15) is 19.3 Å². The highest BCUT2D eigenvalue weighted by Gasteiger charge is 2.30. The van der Waals surface area contributed by atoms with E-state index in [9.17, 15) is 43.2 Å². The molecule has 0 aliphatic heterocycles. The summed E-state index contributed by atoms with van der Waals surface area (Å²) >= 11 is 0. The molecule has 0 rings (SSSR count). The summed E-state index contributed by atoms with van der Waals surface area (Å²) in [6.07, 6.45) is 55.5. The standard InChI is InChI=1S/C74H144O17P2/c1-6-10-13-16-19-22-25-27-29-30-31-33-35-37-40-43-49-54-59-73(78)90-69(63-84-72(77)58-53-48-42-39-36-34-32-28-26-23-20-17-14-11-7-2)65-88-92(80,81)86-61-68(75)62-87-93(82,83)89-66-70(91-74(79)60-55-50-45-44-46-51-56-67(5)9-4)64-85-71(76)57-52-47-41-38-24-21-18-15-12-8-3/h67-70,75H,6-66H2,1-5H3,(H,80,81)(H,82,83)/t67?,68-,69-,70-/m1/s1. The smallest absolute Gasteiger partial charge is 0.462 e. The van der Waals surface area contributed by atoms with Crippen molar-refractivity contribution in [3.8, 4) is 0 Å². The van der Waals surface area contributed by atoms with Gasteiger partial charge in [0.25, 0.3) is 0 Å². The first-order valence-electron chi connectivity index (χ1n) is 38.7. The number of rotatable bonds is 74. The Bertz CT molecular complexity index is 1790. The largest absolute Gasteiger partial charge is 0.472 e. The van der Waals surface area contributed by atoms with Gasteiger partial charge < -0.3 is 33.8 Å². The van der Waals surface area contributed by atoms with Crippen LogP contribution in [0.4, 0.5) is 0 Å². The second kappa shape index (κ2) is 67.3. The van der Waals surface area contributed by atoms with Gasteiger partial charge in [0, 0.05) is 25.7 Å². The molecule has 19 heteroatoms. The van der Waals surface area contributed by atoms with E-state index in [-0.39, 0.29) is 25.7 Å². The lowest BCUT2D eigenvalue weighted by molar-refractivity contribution is -0.161. The van der Waals surface area contributed by atoms with Crippen LogP contribution in [0.1, 0.15) is 388 Å². The van der Waals surface area contributed by atoms with Crippen LogP contribution in [0, 0.1) is 5.92 Å². The summed E-state index contributed by atoms with van der Waals surface area (Å²) in [4.78, 5) is 72.7. The van der Waals surface area contributed by atoms with Crippen molar-refractivity contribution in [2.24, 2.45) is 5.92 Å². The number of aliphatic hydroxyl groups is 1.